The molecule has 1 aliphatic heterocycles. The van der Waals surface area contributed by atoms with Crippen LogP contribution < -0.4 is 5.32 Å². The predicted octanol–water partition coefficient (Wildman–Crippen LogP) is 3.48. The van der Waals surface area contributed by atoms with Gasteiger partial charge in [0.2, 0.25) is 0 Å². The van der Waals surface area contributed by atoms with Crippen LogP contribution in [-0.2, 0) is 6.54 Å². The maximum atomic E-state index is 5.86. The minimum absolute atomic E-state index is 0.431. The molecular weight excluding hydrogens is 322 g/mol. The number of hydrogen-bond acceptors (Lipinski definition) is 5. The quantitative estimate of drug-likeness (QED) is 0.842. The van der Waals surface area contributed by atoms with E-state index in [2.05, 4.69) is 31.2 Å². The Bertz CT molecular complexity index is 686. The van der Waals surface area contributed by atoms with Crippen molar-refractivity contribution in [2.75, 3.05) is 18.4 Å². The molecule has 0 bridgehead atoms. The van der Waals surface area contributed by atoms with Gasteiger partial charge in [0.1, 0.15) is 16.8 Å². The average Bonchev–Trinajstić information content (AvgIpc) is 3.43. The third-order valence-corrected chi connectivity index (χ3v) is 4.89. The Morgan fingerprint density at radius 1 is 1.17 bits per heavy atom. The second kappa shape index (κ2) is 7.03. The minimum atomic E-state index is 0.431. The van der Waals surface area contributed by atoms with Crippen LogP contribution in [0.25, 0.3) is 0 Å². The zero-order chi connectivity index (χ0) is 16.4. The Morgan fingerprint density at radius 2 is 2.08 bits per heavy atom. The van der Waals surface area contributed by atoms with Gasteiger partial charge in [0.05, 0.1) is 0 Å². The molecule has 1 aliphatic carbocycles. The molecule has 0 spiro atoms. The van der Waals surface area contributed by atoms with E-state index in [1.54, 1.807) is 0 Å². The smallest absolute Gasteiger partial charge is 0.133 e. The summed E-state index contributed by atoms with van der Waals surface area (Å²) in [5.74, 6) is 2.55. The van der Waals surface area contributed by atoms with Gasteiger partial charge >= 0.3 is 0 Å². The number of piperidine rings is 1. The van der Waals surface area contributed by atoms with Crippen LogP contribution in [0.1, 0.15) is 43.0 Å². The lowest BCUT2D eigenvalue weighted by molar-refractivity contribution is 0.208. The van der Waals surface area contributed by atoms with Crippen LogP contribution in [0.5, 0.6) is 0 Å². The highest BCUT2D eigenvalue weighted by Gasteiger charge is 2.27. The number of pyridine rings is 1. The molecule has 0 aromatic carbocycles. The van der Waals surface area contributed by atoms with Crippen LogP contribution in [0, 0.1) is 0 Å². The van der Waals surface area contributed by atoms with Gasteiger partial charge in [-0.3, -0.25) is 4.90 Å². The molecule has 4 rings (SSSR count). The monoisotopic (exact) mass is 343 g/mol. The summed E-state index contributed by atoms with van der Waals surface area (Å²) < 4.78 is 0. The number of nitrogens with one attached hydrogen (secondary N) is 1. The molecule has 126 valence electrons. The molecule has 6 heteroatoms. The van der Waals surface area contributed by atoms with Gasteiger partial charge in [0.15, 0.2) is 0 Å². The van der Waals surface area contributed by atoms with Crippen molar-refractivity contribution in [2.24, 2.45) is 0 Å². The lowest BCUT2D eigenvalue weighted by Gasteiger charge is -2.33. The highest BCUT2D eigenvalue weighted by atomic mass is 35.5. The van der Waals surface area contributed by atoms with Crippen molar-refractivity contribution in [2.45, 2.75) is 44.2 Å². The van der Waals surface area contributed by atoms with Crippen LogP contribution in [0.4, 0.5) is 5.82 Å². The topological polar surface area (TPSA) is 53.9 Å². The molecule has 24 heavy (non-hydrogen) atoms. The number of aromatic nitrogens is 3. The molecule has 3 heterocycles. The van der Waals surface area contributed by atoms with Crippen molar-refractivity contribution < 1.29 is 0 Å². The molecule has 2 aromatic rings. The van der Waals surface area contributed by atoms with E-state index >= 15 is 0 Å². The fourth-order valence-electron chi connectivity index (χ4n) is 3.28. The Hall–Kier alpha value is -1.72. The highest BCUT2D eigenvalue weighted by Crippen LogP contribution is 2.38. The molecule has 1 saturated heterocycles. The molecule has 5 nitrogen and oxygen atoms in total. The lowest BCUT2D eigenvalue weighted by atomic mass is 10.1. The molecule has 2 aromatic heterocycles. The van der Waals surface area contributed by atoms with Crippen LogP contribution in [-0.4, -0.2) is 39.0 Å². The molecular formula is C18H22ClN5. The highest BCUT2D eigenvalue weighted by molar-refractivity contribution is 6.29. The van der Waals surface area contributed by atoms with E-state index in [9.17, 15) is 0 Å². The lowest BCUT2D eigenvalue weighted by Crippen LogP contribution is -2.41. The summed E-state index contributed by atoms with van der Waals surface area (Å²) in [7, 11) is 0. The van der Waals surface area contributed by atoms with Gasteiger partial charge in [-0.15, -0.1) is 0 Å². The van der Waals surface area contributed by atoms with Crippen LogP contribution in [0.15, 0.2) is 30.6 Å². The number of rotatable bonds is 5. The van der Waals surface area contributed by atoms with Crippen LogP contribution in [0.2, 0.25) is 5.15 Å². The fourth-order valence-corrected chi connectivity index (χ4v) is 3.39. The van der Waals surface area contributed by atoms with Crippen LogP contribution in [0.3, 0.4) is 0 Å². The maximum absolute atomic E-state index is 5.86. The Balaban J connectivity index is 1.36. The van der Waals surface area contributed by atoms with Gasteiger partial charge < -0.3 is 5.32 Å². The van der Waals surface area contributed by atoms with E-state index in [-0.39, 0.29) is 0 Å². The first kappa shape index (κ1) is 15.8. The van der Waals surface area contributed by atoms with Gasteiger partial charge in [0, 0.05) is 37.4 Å². The summed E-state index contributed by atoms with van der Waals surface area (Å²) in [6.45, 7) is 3.06. The third-order valence-electron chi connectivity index (χ3n) is 4.67. The summed E-state index contributed by atoms with van der Waals surface area (Å²) in [6.07, 6.45) is 8.58. The summed E-state index contributed by atoms with van der Waals surface area (Å²) in [4.78, 5) is 15.7. The second-order valence-electron chi connectivity index (χ2n) is 6.78. The zero-order valence-electron chi connectivity index (χ0n) is 13.7. The molecule has 0 radical (unpaired) electrons. The molecule has 2 fully saturated rings. The van der Waals surface area contributed by atoms with E-state index in [0.717, 1.165) is 31.3 Å². The van der Waals surface area contributed by atoms with E-state index in [1.165, 1.54) is 31.2 Å². The zero-order valence-corrected chi connectivity index (χ0v) is 14.4. The Kier molecular flexibility index (Phi) is 4.63. The first-order valence-corrected chi connectivity index (χ1v) is 9.06. The fraction of sp³-hybridized carbons (Fsp3) is 0.500. The molecule has 2 aliphatic rings. The summed E-state index contributed by atoms with van der Waals surface area (Å²) in [5.41, 5.74) is 1.21. The van der Waals surface area contributed by atoms with E-state index in [1.807, 2.05) is 24.5 Å². The first-order valence-electron chi connectivity index (χ1n) is 8.68. The van der Waals surface area contributed by atoms with Crippen molar-refractivity contribution >= 4 is 17.4 Å². The molecule has 1 unspecified atom stereocenters. The number of halogens is 1. The van der Waals surface area contributed by atoms with Gasteiger partial charge in [-0.25, -0.2) is 15.0 Å². The van der Waals surface area contributed by atoms with Crippen molar-refractivity contribution in [1.29, 1.82) is 0 Å². The van der Waals surface area contributed by atoms with Crippen molar-refractivity contribution in [1.82, 2.24) is 19.9 Å². The normalized spacial score (nSPS) is 21.6. The van der Waals surface area contributed by atoms with Crippen molar-refractivity contribution in [3.63, 3.8) is 0 Å². The number of anilines is 1. The summed E-state index contributed by atoms with van der Waals surface area (Å²) in [5, 5.41) is 4.15. The van der Waals surface area contributed by atoms with Gasteiger partial charge in [0.25, 0.3) is 0 Å². The largest absolute Gasteiger partial charge is 0.366 e. The van der Waals surface area contributed by atoms with E-state index < -0.39 is 0 Å². The van der Waals surface area contributed by atoms with Gasteiger partial charge in [-0.2, -0.15) is 0 Å². The number of hydrogen-bond donors (Lipinski definition) is 1. The summed E-state index contributed by atoms with van der Waals surface area (Å²) >= 11 is 5.86. The molecule has 1 atom stereocenters. The molecule has 1 saturated carbocycles. The second-order valence-corrected chi connectivity index (χ2v) is 7.17. The first-order chi connectivity index (χ1) is 11.8. The van der Waals surface area contributed by atoms with Gasteiger partial charge in [-0.05, 0) is 49.9 Å². The SMILES string of the molecule is Clc1ccc(CN2CCCC(Nc3ccnc(C4CC4)n3)C2)cn1. The van der Waals surface area contributed by atoms with E-state index in [0.29, 0.717) is 17.1 Å². The maximum Gasteiger partial charge on any atom is 0.133 e. The number of likely N-dealkylation sites (tertiary alicyclic amines) is 1. The average molecular weight is 344 g/mol. The minimum Gasteiger partial charge on any atom is -0.366 e. The molecule has 0 amide bonds. The standard InChI is InChI=1S/C18H22ClN5/c19-16-6-3-13(10-21-16)11-24-9-1-2-15(12-24)22-17-7-8-20-18(23-17)14-4-5-14/h3,6-8,10,14-15H,1-2,4-5,9,11-12H2,(H,20,22,23). The summed E-state index contributed by atoms with van der Waals surface area (Å²) in [6, 6.07) is 6.32. The van der Waals surface area contributed by atoms with Crippen molar-refractivity contribution in [3.05, 3.63) is 47.1 Å². The number of nitrogens with zero attached hydrogens (tertiary/aromatic N) is 4. The van der Waals surface area contributed by atoms with E-state index in [4.69, 9.17) is 11.6 Å². The van der Waals surface area contributed by atoms with Crippen LogP contribution >= 0.6 is 11.6 Å². The Morgan fingerprint density at radius 3 is 2.88 bits per heavy atom. The third kappa shape index (κ3) is 4.02. The van der Waals surface area contributed by atoms with Crippen molar-refractivity contribution in [3.8, 4) is 0 Å². The van der Waals surface area contributed by atoms with Gasteiger partial charge in [-0.1, -0.05) is 17.7 Å². The predicted molar refractivity (Wildman–Crippen MR) is 95.2 cm³/mol. The Labute approximate surface area is 147 Å². The molecule has 1 N–H and O–H groups in total.